The van der Waals surface area contributed by atoms with Crippen LogP contribution in [0.4, 0.5) is 0 Å². The van der Waals surface area contributed by atoms with E-state index in [1.807, 2.05) is 36.4 Å². The molecule has 0 aliphatic rings. The molecule has 3 heteroatoms. The molecule has 0 saturated carbocycles. The molecule has 0 aliphatic heterocycles. The van der Waals surface area contributed by atoms with Crippen LogP contribution in [0.5, 0.6) is 0 Å². The number of fused-ring (bicyclic) bond motifs is 1. The van der Waals surface area contributed by atoms with E-state index in [4.69, 9.17) is 4.74 Å². The lowest BCUT2D eigenvalue weighted by Gasteiger charge is -2.10. The van der Waals surface area contributed by atoms with Gasteiger partial charge in [0.05, 0.1) is 17.3 Å². The van der Waals surface area contributed by atoms with Crippen LogP contribution in [-0.2, 0) is 4.74 Å². The zero-order valence-electron chi connectivity index (χ0n) is 9.97. The first-order valence-corrected chi connectivity index (χ1v) is 5.84. The van der Waals surface area contributed by atoms with Crippen molar-refractivity contribution >= 4 is 10.9 Å². The van der Waals surface area contributed by atoms with Crippen molar-refractivity contribution in [3.05, 3.63) is 42.1 Å². The van der Waals surface area contributed by atoms with Crippen molar-refractivity contribution < 1.29 is 9.84 Å². The number of nitrogens with zero attached hydrogens (tertiary/aromatic N) is 1. The minimum Gasteiger partial charge on any atom is -0.387 e. The molecule has 90 valence electrons. The molecule has 0 amide bonds. The van der Waals surface area contributed by atoms with E-state index in [1.165, 1.54) is 0 Å². The first-order valence-electron chi connectivity index (χ1n) is 5.84. The van der Waals surface area contributed by atoms with Crippen LogP contribution in [0, 0.1) is 0 Å². The summed E-state index contributed by atoms with van der Waals surface area (Å²) >= 11 is 0. The number of aromatic nitrogens is 1. The van der Waals surface area contributed by atoms with Gasteiger partial charge in [0.25, 0.3) is 0 Å². The number of aliphatic hydroxyl groups is 1. The van der Waals surface area contributed by atoms with Crippen LogP contribution in [0.3, 0.4) is 0 Å². The minimum absolute atomic E-state index is 0.505. The van der Waals surface area contributed by atoms with Crippen molar-refractivity contribution in [2.24, 2.45) is 0 Å². The molecule has 0 radical (unpaired) electrons. The summed E-state index contributed by atoms with van der Waals surface area (Å²) in [5, 5.41) is 11.1. The molecule has 0 fully saturated rings. The molecular weight excluding hydrogens is 214 g/mol. The Labute approximate surface area is 101 Å². The number of para-hydroxylation sites is 1. The van der Waals surface area contributed by atoms with Crippen molar-refractivity contribution in [3.8, 4) is 0 Å². The Morgan fingerprint density at radius 2 is 2.06 bits per heavy atom. The maximum atomic E-state index is 9.99. The summed E-state index contributed by atoms with van der Waals surface area (Å²) in [6.45, 7) is 0.671. The van der Waals surface area contributed by atoms with E-state index in [9.17, 15) is 5.11 Å². The average Bonchev–Trinajstić information content (AvgIpc) is 2.38. The van der Waals surface area contributed by atoms with Crippen LogP contribution < -0.4 is 0 Å². The number of hydrogen-bond donors (Lipinski definition) is 1. The van der Waals surface area contributed by atoms with Crippen molar-refractivity contribution in [1.82, 2.24) is 4.98 Å². The van der Waals surface area contributed by atoms with Gasteiger partial charge in [-0.05, 0) is 25.0 Å². The Bertz CT molecular complexity index is 484. The van der Waals surface area contributed by atoms with Crippen molar-refractivity contribution in [3.63, 3.8) is 0 Å². The van der Waals surface area contributed by atoms with E-state index in [-0.39, 0.29) is 0 Å². The highest BCUT2D eigenvalue weighted by atomic mass is 16.5. The largest absolute Gasteiger partial charge is 0.387 e. The molecule has 1 N–H and O–H groups in total. The van der Waals surface area contributed by atoms with Crippen LogP contribution in [0.15, 0.2) is 36.4 Å². The second-order valence-electron chi connectivity index (χ2n) is 4.08. The van der Waals surface area contributed by atoms with Gasteiger partial charge in [0, 0.05) is 19.1 Å². The minimum atomic E-state index is -0.505. The number of ether oxygens (including phenoxy) is 1. The second-order valence-corrected chi connectivity index (χ2v) is 4.08. The molecule has 2 aromatic rings. The average molecular weight is 231 g/mol. The van der Waals surface area contributed by atoms with Gasteiger partial charge in [0.15, 0.2) is 0 Å². The zero-order chi connectivity index (χ0) is 12.1. The molecule has 0 bridgehead atoms. The summed E-state index contributed by atoms with van der Waals surface area (Å²) in [5.74, 6) is 0. The van der Waals surface area contributed by atoms with Gasteiger partial charge in [-0.25, -0.2) is 0 Å². The monoisotopic (exact) mass is 231 g/mol. The molecular formula is C14H17NO2. The lowest BCUT2D eigenvalue weighted by atomic mass is 10.1. The quantitative estimate of drug-likeness (QED) is 0.804. The maximum Gasteiger partial charge on any atom is 0.0960 e. The molecule has 0 saturated heterocycles. The normalized spacial score (nSPS) is 12.8. The first-order chi connectivity index (χ1) is 8.31. The third-order valence-electron chi connectivity index (χ3n) is 2.79. The predicted octanol–water partition coefficient (Wildman–Crippen LogP) is 2.69. The smallest absolute Gasteiger partial charge is 0.0960 e. The lowest BCUT2D eigenvalue weighted by Crippen LogP contribution is -2.02. The standard InChI is InChI=1S/C14H17NO2/c1-17-10-4-7-14(16)13-9-8-11-5-2-3-6-12(11)15-13/h2-3,5-6,8-9,14,16H,4,7,10H2,1H3. The molecule has 2 rings (SSSR count). The number of aliphatic hydroxyl groups excluding tert-OH is 1. The summed E-state index contributed by atoms with van der Waals surface area (Å²) in [6, 6.07) is 11.8. The number of benzene rings is 1. The van der Waals surface area contributed by atoms with Gasteiger partial charge in [-0.15, -0.1) is 0 Å². The van der Waals surface area contributed by atoms with Crippen LogP contribution in [-0.4, -0.2) is 23.8 Å². The van der Waals surface area contributed by atoms with Crippen LogP contribution in [0.25, 0.3) is 10.9 Å². The molecule has 17 heavy (non-hydrogen) atoms. The fourth-order valence-corrected chi connectivity index (χ4v) is 1.84. The Hall–Kier alpha value is -1.45. The van der Waals surface area contributed by atoms with E-state index in [2.05, 4.69) is 4.98 Å². The molecule has 1 aromatic carbocycles. The van der Waals surface area contributed by atoms with E-state index < -0.39 is 6.10 Å². The molecule has 1 atom stereocenters. The Kier molecular flexibility index (Phi) is 4.07. The zero-order valence-corrected chi connectivity index (χ0v) is 9.97. The number of pyridine rings is 1. The highest BCUT2D eigenvalue weighted by molar-refractivity contribution is 5.78. The SMILES string of the molecule is COCCCC(O)c1ccc2ccccc2n1. The van der Waals surface area contributed by atoms with Gasteiger partial charge < -0.3 is 9.84 Å². The molecule has 1 unspecified atom stereocenters. The van der Waals surface area contributed by atoms with Crippen LogP contribution >= 0.6 is 0 Å². The van der Waals surface area contributed by atoms with E-state index in [1.54, 1.807) is 7.11 Å². The van der Waals surface area contributed by atoms with Crippen LogP contribution in [0.1, 0.15) is 24.6 Å². The molecule has 1 heterocycles. The van der Waals surface area contributed by atoms with Crippen molar-refractivity contribution in [1.29, 1.82) is 0 Å². The second kappa shape index (κ2) is 5.75. The van der Waals surface area contributed by atoms with Gasteiger partial charge in [0.2, 0.25) is 0 Å². The van der Waals surface area contributed by atoms with Gasteiger partial charge in [-0.1, -0.05) is 24.3 Å². The third-order valence-corrected chi connectivity index (χ3v) is 2.79. The van der Waals surface area contributed by atoms with Gasteiger partial charge in [-0.3, -0.25) is 4.98 Å². The van der Waals surface area contributed by atoms with Crippen molar-refractivity contribution in [2.75, 3.05) is 13.7 Å². The van der Waals surface area contributed by atoms with Crippen LogP contribution in [0.2, 0.25) is 0 Å². The van der Waals surface area contributed by atoms with Gasteiger partial charge >= 0.3 is 0 Å². The fraction of sp³-hybridized carbons (Fsp3) is 0.357. The summed E-state index contributed by atoms with van der Waals surface area (Å²) in [4.78, 5) is 4.46. The Balaban J connectivity index is 2.12. The first kappa shape index (κ1) is 12.0. The van der Waals surface area contributed by atoms with Crippen molar-refractivity contribution in [2.45, 2.75) is 18.9 Å². The highest BCUT2D eigenvalue weighted by Gasteiger charge is 2.09. The summed E-state index contributed by atoms with van der Waals surface area (Å²) in [5.41, 5.74) is 1.66. The Morgan fingerprint density at radius 1 is 1.24 bits per heavy atom. The van der Waals surface area contributed by atoms with E-state index >= 15 is 0 Å². The summed E-state index contributed by atoms with van der Waals surface area (Å²) < 4.78 is 4.97. The highest BCUT2D eigenvalue weighted by Crippen LogP contribution is 2.19. The molecule has 0 spiro atoms. The number of rotatable bonds is 5. The topological polar surface area (TPSA) is 42.4 Å². The van der Waals surface area contributed by atoms with E-state index in [0.717, 1.165) is 23.0 Å². The maximum absolute atomic E-state index is 9.99. The predicted molar refractivity (Wildman–Crippen MR) is 67.8 cm³/mol. The Morgan fingerprint density at radius 3 is 2.88 bits per heavy atom. The third kappa shape index (κ3) is 3.02. The van der Waals surface area contributed by atoms with Gasteiger partial charge in [0.1, 0.15) is 0 Å². The lowest BCUT2D eigenvalue weighted by molar-refractivity contribution is 0.133. The molecule has 3 nitrogen and oxygen atoms in total. The molecule has 1 aromatic heterocycles. The number of hydrogen-bond acceptors (Lipinski definition) is 3. The van der Waals surface area contributed by atoms with E-state index in [0.29, 0.717) is 13.0 Å². The summed E-state index contributed by atoms with van der Waals surface area (Å²) in [7, 11) is 1.67. The number of methoxy groups -OCH3 is 1. The fourth-order valence-electron chi connectivity index (χ4n) is 1.84. The van der Waals surface area contributed by atoms with Gasteiger partial charge in [-0.2, -0.15) is 0 Å². The molecule has 0 aliphatic carbocycles. The summed E-state index contributed by atoms with van der Waals surface area (Å²) in [6.07, 6.45) is 1.01.